The number of nitrogen functional groups attached to an aromatic ring is 1. The highest BCUT2D eigenvalue weighted by molar-refractivity contribution is 5.42. The predicted octanol–water partition coefficient (Wildman–Crippen LogP) is 1.54. The van der Waals surface area contributed by atoms with E-state index < -0.39 is 0 Å². The van der Waals surface area contributed by atoms with Gasteiger partial charge < -0.3 is 10.6 Å². The number of nitrogens with zero attached hydrogens (tertiary/aromatic N) is 2. The first-order valence-corrected chi connectivity index (χ1v) is 5.99. The van der Waals surface area contributed by atoms with Gasteiger partial charge in [0.1, 0.15) is 0 Å². The summed E-state index contributed by atoms with van der Waals surface area (Å²) in [4.78, 5) is 4.51. The van der Waals surface area contributed by atoms with Gasteiger partial charge in [0.2, 0.25) is 0 Å². The second-order valence-electron chi connectivity index (χ2n) is 4.96. The molecule has 1 heterocycles. The summed E-state index contributed by atoms with van der Waals surface area (Å²) in [5.74, 6) is -0.263. The van der Waals surface area contributed by atoms with Gasteiger partial charge in [0.05, 0.1) is 5.69 Å². The number of hydrogen-bond donors (Lipinski definition) is 1. The van der Waals surface area contributed by atoms with Crippen LogP contribution in [0.4, 0.5) is 10.1 Å². The Morgan fingerprint density at radius 3 is 2.88 bits per heavy atom. The summed E-state index contributed by atoms with van der Waals surface area (Å²) >= 11 is 0. The Bertz CT molecular complexity index is 392. The Morgan fingerprint density at radius 1 is 1.47 bits per heavy atom. The summed E-state index contributed by atoms with van der Waals surface area (Å²) in [6.07, 6.45) is 1.15. The average Bonchev–Trinajstić information content (AvgIpc) is 2.73. The van der Waals surface area contributed by atoms with Crippen LogP contribution in [-0.2, 0) is 6.54 Å². The van der Waals surface area contributed by atoms with Gasteiger partial charge in [-0.05, 0) is 26.6 Å². The maximum Gasteiger partial charge on any atom is 0.150 e. The lowest BCUT2D eigenvalue weighted by molar-refractivity contribution is 0.263. The number of nitrogens with two attached hydrogens (primary N) is 1. The molecule has 3 nitrogen and oxygen atoms in total. The zero-order valence-electron chi connectivity index (χ0n) is 10.5. The Morgan fingerprint density at radius 2 is 2.24 bits per heavy atom. The van der Waals surface area contributed by atoms with Crippen molar-refractivity contribution in [1.29, 1.82) is 0 Å². The fourth-order valence-electron chi connectivity index (χ4n) is 2.34. The molecule has 1 saturated heterocycles. The number of benzene rings is 1. The summed E-state index contributed by atoms with van der Waals surface area (Å²) < 4.78 is 13.7. The lowest BCUT2D eigenvalue weighted by atomic mass is 10.2. The van der Waals surface area contributed by atoms with Gasteiger partial charge in [-0.15, -0.1) is 0 Å². The molecule has 1 aromatic rings. The van der Waals surface area contributed by atoms with E-state index in [0.717, 1.165) is 19.5 Å². The van der Waals surface area contributed by atoms with E-state index in [2.05, 4.69) is 23.9 Å². The maximum atomic E-state index is 13.7. The smallest absolute Gasteiger partial charge is 0.150 e. The van der Waals surface area contributed by atoms with E-state index in [-0.39, 0.29) is 11.5 Å². The number of likely N-dealkylation sites (tertiary alicyclic amines) is 1. The van der Waals surface area contributed by atoms with Crippen LogP contribution in [-0.4, -0.2) is 43.0 Å². The molecule has 1 unspecified atom stereocenters. The summed E-state index contributed by atoms with van der Waals surface area (Å²) in [5.41, 5.74) is 6.51. The third-order valence-electron chi connectivity index (χ3n) is 3.48. The molecular weight excluding hydrogens is 217 g/mol. The van der Waals surface area contributed by atoms with E-state index in [1.807, 2.05) is 12.1 Å². The van der Waals surface area contributed by atoms with Crippen molar-refractivity contribution < 1.29 is 4.39 Å². The van der Waals surface area contributed by atoms with Gasteiger partial charge in [-0.1, -0.05) is 12.1 Å². The molecular formula is C13H20FN3. The first kappa shape index (κ1) is 12.3. The lowest BCUT2D eigenvalue weighted by Gasteiger charge is -2.20. The van der Waals surface area contributed by atoms with E-state index in [0.29, 0.717) is 18.2 Å². The molecule has 2 rings (SSSR count). The topological polar surface area (TPSA) is 32.5 Å². The molecule has 1 atom stereocenters. The van der Waals surface area contributed by atoms with Crippen molar-refractivity contribution in [2.75, 3.05) is 32.9 Å². The SMILES string of the molecule is CN(C)C1CCN(Cc2cccc(N)c2F)C1. The summed E-state index contributed by atoms with van der Waals surface area (Å²) in [5, 5.41) is 0. The van der Waals surface area contributed by atoms with Gasteiger partial charge in [0, 0.05) is 31.2 Å². The molecule has 0 aliphatic carbocycles. The minimum absolute atomic E-state index is 0.242. The van der Waals surface area contributed by atoms with Crippen LogP contribution in [0.1, 0.15) is 12.0 Å². The summed E-state index contributed by atoms with van der Waals surface area (Å²) in [6.45, 7) is 2.68. The van der Waals surface area contributed by atoms with Crippen molar-refractivity contribution in [2.24, 2.45) is 0 Å². The highest BCUT2D eigenvalue weighted by Crippen LogP contribution is 2.20. The fraction of sp³-hybridized carbons (Fsp3) is 0.538. The molecule has 1 aliphatic rings. The molecule has 0 aromatic heterocycles. The van der Waals surface area contributed by atoms with Gasteiger partial charge in [0.15, 0.2) is 5.82 Å². The molecule has 0 bridgehead atoms. The van der Waals surface area contributed by atoms with Gasteiger partial charge in [0.25, 0.3) is 0 Å². The molecule has 1 fully saturated rings. The van der Waals surface area contributed by atoms with E-state index in [1.165, 1.54) is 0 Å². The van der Waals surface area contributed by atoms with Crippen LogP contribution in [0.15, 0.2) is 18.2 Å². The van der Waals surface area contributed by atoms with E-state index >= 15 is 0 Å². The van der Waals surface area contributed by atoms with Gasteiger partial charge >= 0.3 is 0 Å². The zero-order valence-corrected chi connectivity index (χ0v) is 10.5. The number of hydrogen-bond acceptors (Lipinski definition) is 3. The monoisotopic (exact) mass is 237 g/mol. The van der Waals surface area contributed by atoms with Crippen molar-refractivity contribution in [3.8, 4) is 0 Å². The maximum absolute atomic E-state index is 13.7. The molecule has 94 valence electrons. The third kappa shape index (κ3) is 2.76. The second kappa shape index (κ2) is 5.02. The van der Waals surface area contributed by atoms with Crippen molar-refractivity contribution in [1.82, 2.24) is 9.80 Å². The van der Waals surface area contributed by atoms with Crippen LogP contribution in [0.5, 0.6) is 0 Å². The van der Waals surface area contributed by atoms with Crippen molar-refractivity contribution in [3.63, 3.8) is 0 Å². The standard InChI is InChI=1S/C13H20FN3/c1-16(2)11-6-7-17(9-11)8-10-4-3-5-12(15)13(10)14/h3-5,11H,6-9,15H2,1-2H3. The molecule has 1 aromatic carbocycles. The van der Waals surface area contributed by atoms with Crippen molar-refractivity contribution in [3.05, 3.63) is 29.6 Å². The first-order chi connectivity index (χ1) is 8.08. The molecule has 0 radical (unpaired) electrons. The zero-order chi connectivity index (χ0) is 12.4. The van der Waals surface area contributed by atoms with Gasteiger partial charge in [-0.3, -0.25) is 4.90 Å². The Kier molecular flexibility index (Phi) is 3.64. The van der Waals surface area contributed by atoms with Crippen LogP contribution < -0.4 is 5.73 Å². The number of likely N-dealkylation sites (N-methyl/N-ethyl adjacent to an activating group) is 1. The largest absolute Gasteiger partial charge is 0.396 e. The normalized spacial score (nSPS) is 21.3. The van der Waals surface area contributed by atoms with Crippen LogP contribution in [0.25, 0.3) is 0 Å². The van der Waals surface area contributed by atoms with Crippen LogP contribution in [0.2, 0.25) is 0 Å². The molecule has 0 spiro atoms. The molecule has 4 heteroatoms. The van der Waals surface area contributed by atoms with Crippen LogP contribution >= 0.6 is 0 Å². The predicted molar refractivity (Wildman–Crippen MR) is 68.2 cm³/mol. The van der Waals surface area contributed by atoms with Crippen molar-refractivity contribution in [2.45, 2.75) is 19.0 Å². The molecule has 1 aliphatic heterocycles. The van der Waals surface area contributed by atoms with Crippen LogP contribution in [0, 0.1) is 5.82 Å². The number of anilines is 1. The summed E-state index contributed by atoms with van der Waals surface area (Å²) in [7, 11) is 4.19. The van der Waals surface area contributed by atoms with E-state index in [1.54, 1.807) is 6.07 Å². The van der Waals surface area contributed by atoms with Gasteiger partial charge in [-0.2, -0.15) is 0 Å². The third-order valence-corrected chi connectivity index (χ3v) is 3.48. The van der Waals surface area contributed by atoms with Crippen LogP contribution in [0.3, 0.4) is 0 Å². The fourth-order valence-corrected chi connectivity index (χ4v) is 2.34. The quantitative estimate of drug-likeness (QED) is 0.809. The van der Waals surface area contributed by atoms with E-state index in [9.17, 15) is 4.39 Å². The highest BCUT2D eigenvalue weighted by atomic mass is 19.1. The Hall–Kier alpha value is -1.13. The van der Waals surface area contributed by atoms with Gasteiger partial charge in [-0.25, -0.2) is 4.39 Å². The second-order valence-corrected chi connectivity index (χ2v) is 4.96. The minimum Gasteiger partial charge on any atom is -0.396 e. The van der Waals surface area contributed by atoms with Crippen molar-refractivity contribution >= 4 is 5.69 Å². The lowest BCUT2D eigenvalue weighted by Crippen LogP contribution is -2.31. The minimum atomic E-state index is -0.263. The summed E-state index contributed by atoms with van der Waals surface area (Å²) in [6, 6.07) is 5.81. The number of rotatable bonds is 3. The number of halogens is 1. The highest BCUT2D eigenvalue weighted by Gasteiger charge is 2.24. The first-order valence-electron chi connectivity index (χ1n) is 5.99. The molecule has 0 amide bonds. The average molecular weight is 237 g/mol. The molecule has 0 saturated carbocycles. The Balaban J connectivity index is 2.00. The molecule has 17 heavy (non-hydrogen) atoms. The molecule has 2 N–H and O–H groups in total. The Labute approximate surface area is 102 Å². The van der Waals surface area contributed by atoms with E-state index in [4.69, 9.17) is 5.73 Å².